The Labute approximate surface area is 94.7 Å². The second kappa shape index (κ2) is 4.52. The Morgan fingerprint density at radius 2 is 2.31 bits per heavy atom. The number of rotatable bonds is 3. The zero-order valence-corrected chi connectivity index (χ0v) is 9.13. The molecule has 1 aliphatic rings. The van der Waals surface area contributed by atoms with E-state index < -0.39 is 0 Å². The zero-order valence-electron chi connectivity index (χ0n) is 9.13. The molecule has 1 aliphatic heterocycles. The summed E-state index contributed by atoms with van der Waals surface area (Å²) in [4.78, 5) is 1.94. The van der Waals surface area contributed by atoms with E-state index in [0.717, 1.165) is 11.3 Å². The second-order valence-electron chi connectivity index (χ2n) is 3.92. The summed E-state index contributed by atoms with van der Waals surface area (Å²) in [7, 11) is 1.61. The minimum absolute atomic E-state index is 0.290. The number of nitriles is 1. The first-order chi connectivity index (χ1) is 7.74. The molecule has 84 valence electrons. The normalized spacial score (nSPS) is 18.6. The number of ether oxygens (including phenoxy) is 1. The summed E-state index contributed by atoms with van der Waals surface area (Å²) in [6, 6.07) is 9.44. The smallest absolute Gasteiger partial charge is 0.124 e. The maximum atomic E-state index is 9.23. The van der Waals surface area contributed by atoms with Crippen molar-refractivity contribution >= 4 is 0 Å². The lowest BCUT2D eigenvalue weighted by molar-refractivity contribution is -0.0127. The van der Waals surface area contributed by atoms with Crippen LogP contribution in [0, 0.1) is 11.3 Å². The first kappa shape index (κ1) is 10.9. The fourth-order valence-corrected chi connectivity index (χ4v) is 1.88. The molecule has 1 aromatic carbocycles. The highest BCUT2D eigenvalue weighted by atomic mass is 16.5. The van der Waals surface area contributed by atoms with Crippen LogP contribution in [-0.2, 0) is 0 Å². The van der Waals surface area contributed by atoms with E-state index in [4.69, 9.17) is 10.00 Å². The second-order valence-corrected chi connectivity index (χ2v) is 3.92. The summed E-state index contributed by atoms with van der Waals surface area (Å²) < 4.78 is 5.12. The van der Waals surface area contributed by atoms with Crippen LogP contribution in [0.25, 0.3) is 0 Å². The monoisotopic (exact) mass is 218 g/mol. The minimum Gasteiger partial charge on any atom is -0.497 e. The molecule has 0 spiro atoms. The van der Waals surface area contributed by atoms with Crippen molar-refractivity contribution in [2.75, 3.05) is 20.2 Å². The Bertz CT molecular complexity index is 408. The van der Waals surface area contributed by atoms with Gasteiger partial charge in [-0.3, -0.25) is 4.90 Å². The van der Waals surface area contributed by atoms with Crippen LogP contribution in [-0.4, -0.2) is 36.3 Å². The Morgan fingerprint density at radius 3 is 2.88 bits per heavy atom. The molecule has 1 aromatic rings. The third-order valence-electron chi connectivity index (χ3n) is 2.79. The van der Waals surface area contributed by atoms with Crippen LogP contribution in [0.15, 0.2) is 24.3 Å². The Balaban J connectivity index is 2.17. The lowest BCUT2D eigenvalue weighted by Crippen LogP contribution is -2.51. The van der Waals surface area contributed by atoms with Gasteiger partial charge in [-0.2, -0.15) is 5.26 Å². The van der Waals surface area contributed by atoms with Crippen molar-refractivity contribution < 1.29 is 9.84 Å². The van der Waals surface area contributed by atoms with Crippen LogP contribution in [0.4, 0.5) is 0 Å². The van der Waals surface area contributed by atoms with Crippen molar-refractivity contribution in [3.63, 3.8) is 0 Å². The van der Waals surface area contributed by atoms with Crippen LogP contribution < -0.4 is 4.74 Å². The van der Waals surface area contributed by atoms with E-state index in [0.29, 0.717) is 13.1 Å². The average Bonchev–Trinajstić information content (AvgIpc) is 2.28. The lowest BCUT2D eigenvalue weighted by atomic mass is 10.0. The molecule has 0 aliphatic carbocycles. The molecule has 0 amide bonds. The number of hydrogen-bond donors (Lipinski definition) is 1. The molecular weight excluding hydrogens is 204 g/mol. The van der Waals surface area contributed by atoms with Crippen molar-refractivity contribution in [1.82, 2.24) is 4.90 Å². The molecule has 0 radical (unpaired) electrons. The van der Waals surface area contributed by atoms with Crippen molar-refractivity contribution in [1.29, 1.82) is 5.26 Å². The molecule has 0 saturated carbocycles. The molecule has 4 nitrogen and oxygen atoms in total. The first-order valence-corrected chi connectivity index (χ1v) is 5.20. The number of β-amino-alcohol motifs (C(OH)–C–C–N with tert-alkyl or cyclic N) is 1. The Morgan fingerprint density at radius 1 is 1.56 bits per heavy atom. The van der Waals surface area contributed by atoms with Gasteiger partial charge in [0.15, 0.2) is 0 Å². The number of nitrogens with zero attached hydrogens (tertiary/aromatic N) is 2. The fraction of sp³-hybridized carbons (Fsp3) is 0.417. The summed E-state index contributed by atoms with van der Waals surface area (Å²) in [5.41, 5.74) is 0.911. The molecule has 2 rings (SSSR count). The van der Waals surface area contributed by atoms with Crippen molar-refractivity contribution in [3.8, 4) is 11.8 Å². The van der Waals surface area contributed by atoms with Gasteiger partial charge in [-0.05, 0) is 17.7 Å². The van der Waals surface area contributed by atoms with E-state index in [9.17, 15) is 5.11 Å². The summed E-state index contributed by atoms with van der Waals surface area (Å²) in [5.74, 6) is 0.749. The predicted molar refractivity (Wildman–Crippen MR) is 58.9 cm³/mol. The molecule has 0 bridgehead atoms. The SMILES string of the molecule is COc1cccc([C@H](C#N)N2CC(O)C2)c1. The van der Waals surface area contributed by atoms with Gasteiger partial charge < -0.3 is 9.84 Å². The molecule has 1 atom stereocenters. The van der Waals surface area contributed by atoms with Gasteiger partial charge in [-0.25, -0.2) is 0 Å². The number of hydrogen-bond acceptors (Lipinski definition) is 4. The number of aliphatic hydroxyl groups excluding tert-OH is 1. The number of aliphatic hydroxyl groups is 1. The standard InChI is InChI=1S/C12H14N2O2/c1-16-11-4-2-3-9(5-11)12(6-13)14-7-10(15)8-14/h2-5,10,12,15H,7-8H2,1H3/t12-/m0/s1. The van der Waals surface area contributed by atoms with E-state index in [1.54, 1.807) is 7.11 Å². The summed E-state index contributed by atoms with van der Waals surface area (Å²) in [5, 5.41) is 18.4. The highest BCUT2D eigenvalue weighted by Crippen LogP contribution is 2.27. The molecule has 1 N–H and O–H groups in total. The van der Waals surface area contributed by atoms with Gasteiger partial charge in [-0.1, -0.05) is 12.1 Å². The molecule has 0 aromatic heterocycles. The molecular formula is C12H14N2O2. The quantitative estimate of drug-likeness (QED) is 0.820. The molecule has 1 fully saturated rings. The number of methoxy groups -OCH3 is 1. The third kappa shape index (κ3) is 2.01. The summed E-state index contributed by atoms with van der Waals surface area (Å²) >= 11 is 0. The highest BCUT2D eigenvalue weighted by Gasteiger charge is 2.31. The summed E-state index contributed by atoms with van der Waals surface area (Å²) in [6.07, 6.45) is -0.290. The zero-order chi connectivity index (χ0) is 11.5. The van der Waals surface area contributed by atoms with Crippen LogP contribution in [0.2, 0.25) is 0 Å². The molecule has 4 heteroatoms. The van der Waals surface area contributed by atoms with Crippen LogP contribution in [0.5, 0.6) is 5.75 Å². The van der Waals surface area contributed by atoms with Crippen LogP contribution in [0.3, 0.4) is 0 Å². The van der Waals surface area contributed by atoms with Gasteiger partial charge in [0.1, 0.15) is 11.8 Å². The van der Waals surface area contributed by atoms with Gasteiger partial charge in [0.05, 0.1) is 19.3 Å². The van der Waals surface area contributed by atoms with Gasteiger partial charge in [0.25, 0.3) is 0 Å². The summed E-state index contributed by atoms with van der Waals surface area (Å²) in [6.45, 7) is 1.13. The number of likely N-dealkylation sites (tertiary alicyclic amines) is 1. The maximum Gasteiger partial charge on any atom is 0.124 e. The van der Waals surface area contributed by atoms with E-state index in [-0.39, 0.29) is 12.1 Å². The molecule has 0 unspecified atom stereocenters. The lowest BCUT2D eigenvalue weighted by Gasteiger charge is -2.39. The van der Waals surface area contributed by atoms with Crippen LogP contribution >= 0.6 is 0 Å². The molecule has 1 heterocycles. The maximum absolute atomic E-state index is 9.23. The van der Waals surface area contributed by atoms with E-state index >= 15 is 0 Å². The highest BCUT2D eigenvalue weighted by molar-refractivity contribution is 5.33. The Hall–Kier alpha value is -1.57. The van der Waals surface area contributed by atoms with E-state index in [1.165, 1.54) is 0 Å². The van der Waals surface area contributed by atoms with Crippen LogP contribution in [0.1, 0.15) is 11.6 Å². The van der Waals surface area contributed by atoms with Crippen molar-refractivity contribution in [3.05, 3.63) is 29.8 Å². The predicted octanol–water partition coefficient (Wildman–Crippen LogP) is 0.936. The van der Waals surface area contributed by atoms with E-state index in [2.05, 4.69) is 6.07 Å². The average molecular weight is 218 g/mol. The largest absolute Gasteiger partial charge is 0.497 e. The topological polar surface area (TPSA) is 56.5 Å². The molecule has 16 heavy (non-hydrogen) atoms. The van der Waals surface area contributed by atoms with E-state index in [1.807, 2.05) is 29.2 Å². The van der Waals surface area contributed by atoms with Crippen molar-refractivity contribution in [2.45, 2.75) is 12.1 Å². The third-order valence-corrected chi connectivity index (χ3v) is 2.79. The first-order valence-electron chi connectivity index (χ1n) is 5.20. The van der Waals surface area contributed by atoms with Gasteiger partial charge >= 0.3 is 0 Å². The van der Waals surface area contributed by atoms with Gasteiger partial charge in [-0.15, -0.1) is 0 Å². The number of benzene rings is 1. The van der Waals surface area contributed by atoms with Gasteiger partial charge in [0, 0.05) is 13.1 Å². The minimum atomic E-state index is -0.293. The molecule has 1 saturated heterocycles. The van der Waals surface area contributed by atoms with Crippen molar-refractivity contribution in [2.24, 2.45) is 0 Å². The fourth-order valence-electron chi connectivity index (χ4n) is 1.88. The van der Waals surface area contributed by atoms with Gasteiger partial charge in [0.2, 0.25) is 0 Å². The Kier molecular flexibility index (Phi) is 3.09.